The van der Waals surface area contributed by atoms with Gasteiger partial charge in [-0.1, -0.05) is 48.2 Å². The van der Waals surface area contributed by atoms with E-state index in [0.29, 0.717) is 11.7 Å². The summed E-state index contributed by atoms with van der Waals surface area (Å²) in [6, 6.07) is 14.2. The van der Waals surface area contributed by atoms with E-state index in [-0.39, 0.29) is 35.7 Å². The Labute approximate surface area is 161 Å². The largest absolute Gasteiger partial charge is 0.349 e. The molecule has 2 aliphatic heterocycles. The molecule has 1 fully saturated rings. The maximum absolute atomic E-state index is 12.3. The minimum atomic E-state index is -0.263. The van der Waals surface area contributed by atoms with Crippen LogP contribution in [0.25, 0.3) is 10.8 Å². The molecule has 4 rings (SSSR count). The highest BCUT2D eigenvalue weighted by atomic mass is 32.2. The summed E-state index contributed by atoms with van der Waals surface area (Å²) in [6.07, 6.45) is -0.263. The van der Waals surface area contributed by atoms with Gasteiger partial charge in [-0.3, -0.25) is 15.0 Å². The van der Waals surface area contributed by atoms with E-state index in [1.54, 1.807) is 0 Å². The summed E-state index contributed by atoms with van der Waals surface area (Å²) < 4.78 is 0. The molecule has 3 unspecified atom stereocenters. The van der Waals surface area contributed by atoms with Crippen LogP contribution in [0.2, 0.25) is 0 Å². The molecule has 2 heterocycles. The Morgan fingerprint density at radius 1 is 1.30 bits per heavy atom. The van der Waals surface area contributed by atoms with Gasteiger partial charge < -0.3 is 10.6 Å². The van der Waals surface area contributed by atoms with Crippen molar-refractivity contribution < 1.29 is 9.59 Å². The number of thioether (sulfide) groups is 1. The lowest BCUT2D eigenvalue weighted by atomic mass is 10.0. The number of nitrogens with one attached hydrogen (secondary N) is 4. The van der Waals surface area contributed by atoms with Gasteiger partial charge in [-0.25, -0.2) is 10.4 Å². The van der Waals surface area contributed by atoms with Gasteiger partial charge >= 0.3 is 0 Å². The van der Waals surface area contributed by atoms with Crippen molar-refractivity contribution in [1.82, 2.24) is 21.5 Å². The van der Waals surface area contributed by atoms with Gasteiger partial charge in [0.25, 0.3) is 0 Å². The number of amides is 2. The first kappa shape index (κ1) is 18.0. The number of fused-ring (bicyclic) bond motifs is 2. The molecule has 4 N–H and O–H groups in total. The fraction of sp³-hybridized carbons (Fsp3) is 0.316. The molecule has 0 spiro atoms. The standard InChI is InChI=1S/C19H21N5O2S/c1-11(13-7-6-12-4-2-3-5-14(12)8-13)21-16(25)10-27-19-22-17-15(9-20-24-17)18(26)23-19/h2-8,11,15,17,20,24H,9-10H2,1H3,(H,21,25)(H,22,23,26). The van der Waals surface area contributed by atoms with Crippen LogP contribution in [-0.2, 0) is 9.59 Å². The summed E-state index contributed by atoms with van der Waals surface area (Å²) in [5, 5.41) is 8.57. The van der Waals surface area contributed by atoms with Crippen LogP contribution < -0.4 is 21.5 Å². The summed E-state index contributed by atoms with van der Waals surface area (Å²) in [4.78, 5) is 28.8. The van der Waals surface area contributed by atoms with Crippen molar-refractivity contribution >= 4 is 39.5 Å². The molecule has 0 bridgehead atoms. The van der Waals surface area contributed by atoms with E-state index in [4.69, 9.17) is 0 Å². The SMILES string of the molecule is CC(NC(=O)CSC1=NC2NNCC2C(=O)N1)c1ccc2ccccc2c1. The Kier molecular flexibility index (Phi) is 5.11. The van der Waals surface area contributed by atoms with Crippen LogP contribution in [0.5, 0.6) is 0 Å². The van der Waals surface area contributed by atoms with Crippen molar-refractivity contribution in [2.24, 2.45) is 10.9 Å². The van der Waals surface area contributed by atoms with Crippen molar-refractivity contribution in [3.8, 4) is 0 Å². The summed E-state index contributed by atoms with van der Waals surface area (Å²) in [5.41, 5.74) is 6.95. The number of hydrogen-bond donors (Lipinski definition) is 4. The number of carbonyl (C=O) groups excluding carboxylic acids is 2. The van der Waals surface area contributed by atoms with Crippen molar-refractivity contribution in [2.45, 2.75) is 19.1 Å². The fourth-order valence-electron chi connectivity index (χ4n) is 3.25. The maximum atomic E-state index is 12.3. The van der Waals surface area contributed by atoms with Crippen LogP contribution in [0, 0.1) is 5.92 Å². The normalized spacial score (nSPS) is 22.7. The second-order valence-electron chi connectivity index (χ2n) is 6.68. The molecular weight excluding hydrogens is 362 g/mol. The third-order valence-corrected chi connectivity index (χ3v) is 5.65. The zero-order valence-electron chi connectivity index (χ0n) is 14.9. The predicted molar refractivity (Wildman–Crippen MR) is 107 cm³/mol. The summed E-state index contributed by atoms with van der Waals surface area (Å²) in [6.45, 7) is 2.52. The van der Waals surface area contributed by atoms with Gasteiger partial charge in [0.15, 0.2) is 5.17 Å². The highest BCUT2D eigenvalue weighted by Crippen LogP contribution is 2.21. The van der Waals surface area contributed by atoms with E-state index in [9.17, 15) is 9.59 Å². The lowest BCUT2D eigenvalue weighted by Crippen LogP contribution is -2.46. The molecule has 8 heteroatoms. The number of amidine groups is 1. The molecule has 0 aliphatic carbocycles. The number of rotatable bonds is 4. The third-order valence-electron chi connectivity index (χ3n) is 4.77. The van der Waals surface area contributed by atoms with E-state index in [1.807, 2.05) is 25.1 Å². The maximum Gasteiger partial charge on any atom is 0.233 e. The van der Waals surface area contributed by atoms with Crippen LogP contribution in [0.15, 0.2) is 47.5 Å². The smallest absolute Gasteiger partial charge is 0.233 e. The number of hydrazine groups is 1. The molecule has 0 aromatic heterocycles. The molecule has 27 heavy (non-hydrogen) atoms. The Bertz CT molecular complexity index is 916. The summed E-state index contributed by atoms with van der Waals surface area (Å²) >= 11 is 1.24. The average molecular weight is 383 g/mol. The second kappa shape index (κ2) is 7.67. The Morgan fingerprint density at radius 3 is 2.96 bits per heavy atom. The number of hydrogen-bond acceptors (Lipinski definition) is 6. The van der Waals surface area contributed by atoms with Gasteiger partial charge in [0, 0.05) is 6.54 Å². The molecule has 2 amide bonds. The third kappa shape index (κ3) is 3.97. The Hall–Kier alpha value is -2.42. The minimum absolute atomic E-state index is 0.0695. The molecule has 140 valence electrons. The zero-order valence-corrected chi connectivity index (χ0v) is 15.7. The lowest BCUT2D eigenvalue weighted by molar-refractivity contribution is -0.123. The molecule has 0 radical (unpaired) electrons. The molecule has 1 saturated heterocycles. The first-order chi connectivity index (χ1) is 13.1. The van der Waals surface area contributed by atoms with Gasteiger partial charge in [-0.2, -0.15) is 0 Å². The van der Waals surface area contributed by atoms with E-state index in [2.05, 4.69) is 50.7 Å². The van der Waals surface area contributed by atoms with Crippen molar-refractivity contribution in [1.29, 1.82) is 0 Å². The number of nitrogens with zero attached hydrogens (tertiary/aromatic N) is 1. The van der Waals surface area contributed by atoms with Crippen LogP contribution in [0.1, 0.15) is 18.5 Å². The van der Waals surface area contributed by atoms with Crippen molar-refractivity contribution in [3.05, 3.63) is 48.0 Å². The van der Waals surface area contributed by atoms with Crippen molar-refractivity contribution in [2.75, 3.05) is 12.3 Å². The zero-order chi connectivity index (χ0) is 18.8. The molecule has 0 saturated carbocycles. The quantitative estimate of drug-likeness (QED) is 0.638. The summed E-state index contributed by atoms with van der Waals surface area (Å²) in [7, 11) is 0. The van der Waals surface area contributed by atoms with Gasteiger partial charge in [0.05, 0.1) is 17.7 Å². The number of carbonyl (C=O) groups is 2. The molecule has 2 aromatic carbocycles. The Balaban J connectivity index is 1.34. The van der Waals surface area contributed by atoms with E-state index < -0.39 is 0 Å². The molecule has 2 aromatic rings. The topological polar surface area (TPSA) is 94.6 Å². The number of benzene rings is 2. The first-order valence-electron chi connectivity index (χ1n) is 8.88. The van der Waals surface area contributed by atoms with Gasteiger partial charge in [0.2, 0.25) is 11.8 Å². The fourth-order valence-corrected chi connectivity index (χ4v) is 3.96. The number of aliphatic imine (C=N–C) groups is 1. The highest BCUT2D eigenvalue weighted by molar-refractivity contribution is 8.14. The predicted octanol–water partition coefficient (Wildman–Crippen LogP) is 1.29. The second-order valence-corrected chi connectivity index (χ2v) is 7.65. The first-order valence-corrected chi connectivity index (χ1v) is 9.86. The lowest BCUT2D eigenvalue weighted by Gasteiger charge is -2.22. The van der Waals surface area contributed by atoms with E-state index in [1.165, 1.54) is 17.1 Å². The summed E-state index contributed by atoms with van der Waals surface area (Å²) in [5.74, 6) is -0.171. The molecule has 7 nitrogen and oxygen atoms in total. The van der Waals surface area contributed by atoms with Crippen molar-refractivity contribution in [3.63, 3.8) is 0 Å². The van der Waals surface area contributed by atoms with E-state index >= 15 is 0 Å². The monoisotopic (exact) mass is 383 g/mol. The molecular formula is C19H21N5O2S. The molecule has 3 atom stereocenters. The van der Waals surface area contributed by atoms with Crippen LogP contribution in [-0.4, -0.2) is 35.4 Å². The minimum Gasteiger partial charge on any atom is -0.349 e. The van der Waals surface area contributed by atoms with Crippen LogP contribution in [0.4, 0.5) is 0 Å². The highest BCUT2D eigenvalue weighted by Gasteiger charge is 2.36. The van der Waals surface area contributed by atoms with E-state index in [0.717, 1.165) is 10.9 Å². The van der Waals surface area contributed by atoms with Crippen LogP contribution in [0.3, 0.4) is 0 Å². The Morgan fingerprint density at radius 2 is 2.11 bits per heavy atom. The molecule has 2 aliphatic rings. The average Bonchev–Trinajstić information content (AvgIpc) is 3.15. The van der Waals surface area contributed by atoms with Gasteiger partial charge in [-0.15, -0.1) is 0 Å². The van der Waals surface area contributed by atoms with Crippen LogP contribution >= 0.6 is 11.8 Å². The van der Waals surface area contributed by atoms with Gasteiger partial charge in [0.1, 0.15) is 6.17 Å². The van der Waals surface area contributed by atoms with Gasteiger partial charge in [-0.05, 0) is 29.3 Å².